The van der Waals surface area contributed by atoms with Gasteiger partial charge in [0.1, 0.15) is 16.2 Å². The second kappa shape index (κ2) is 9.72. The smallest absolute Gasteiger partial charge is 0.261 e. The molecule has 0 radical (unpaired) electrons. The zero-order chi connectivity index (χ0) is 25.4. The normalized spacial score (nSPS) is 18.1. The molecule has 1 N–H and O–H groups in total. The van der Waals surface area contributed by atoms with Crippen LogP contribution in [0.15, 0.2) is 30.1 Å². The average molecular weight is 516 g/mol. The summed E-state index contributed by atoms with van der Waals surface area (Å²) in [6.07, 6.45) is 3.13. The molecule has 2 saturated heterocycles. The maximum Gasteiger partial charge on any atom is 0.261 e. The quantitative estimate of drug-likeness (QED) is 0.521. The maximum atomic E-state index is 13.6. The van der Waals surface area contributed by atoms with E-state index in [0.717, 1.165) is 10.7 Å². The summed E-state index contributed by atoms with van der Waals surface area (Å²) in [6, 6.07) is 3.48. The van der Waals surface area contributed by atoms with Crippen molar-refractivity contribution in [2.75, 3.05) is 57.4 Å². The van der Waals surface area contributed by atoms with Crippen LogP contribution in [0.1, 0.15) is 27.3 Å². The Morgan fingerprint density at radius 1 is 1.22 bits per heavy atom. The number of amides is 1. The third-order valence-electron chi connectivity index (χ3n) is 6.56. The van der Waals surface area contributed by atoms with Crippen LogP contribution in [0.4, 0.5) is 14.6 Å². The van der Waals surface area contributed by atoms with E-state index in [1.807, 2.05) is 0 Å². The summed E-state index contributed by atoms with van der Waals surface area (Å²) in [5, 5.41) is 3.06. The second-order valence-electron chi connectivity index (χ2n) is 8.88. The first-order valence-corrected chi connectivity index (χ1v) is 12.6. The van der Waals surface area contributed by atoms with E-state index in [0.29, 0.717) is 47.9 Å². The number of fused-ring (bicyclic) bond motifs is 3. The molecule has 5 heterocycles. The van der Waals surface area contributed by atoms with Crippen molar-refractivity contribution in [1.82, 2.24) is 19.6 Å². The molecular formula is C25H27F2N5O3S. The van der Waals surface area contributed by atoms with Gasteiger partial charge in [-0.1, -0.05) is 13.2 Å². The van der Waals surface area contributed by atoms with E-state index < -0.39 is 17.3 Å². The van der Waals surface area contributed by atoms with E-state index >= 15 is 0 Å². The first-order chi connectivity index (χ1) is 17.3. The van der Waals surface area contributed by atoms with Crippen LogP contribution in [0.25, 0.3) is 28.0 Å². The molecular weight excluding hydrogens is 488 g/mol. The summed E-state index contributed by atoms with van der Waals surface area (Å²) in [5.74, 6) is -2.52. The van der Waals surface area contributed by atoms with Gasteiger partial charge in [-0.15, -0.1) is 11.3 Å². The van der Waals surface area contributed by atoms with Crippen molar-refractivity contribution >= 4 is 51.1 Å². The predicted molar refractivity (Wildman–Crippen MR) is 138 cm³/mol. The minimum atomic E-state index is -2.69. The number of nitrogens with one attached hydrogen (secondary N) is 1. The van der Waals surface area contributed by atoms with Crippen LogP contribution in [-0.4, -0.2) is 78.6 Å². The Balaban J connectivity index is 1.55. The number of pyridine rings is 2. The van der Waals surface area contributed by atoms with E-state index in [1.165, 1.54) is 11.3 Å². The van der Waals surface area contributed by atoms with Gasteiger partial charge in [-0.2, -0.15) is 0 Å². The number of carbonyl (C=O) groups excluding carboxylic acids is 1. The van der Waals surface area contributed by atoms with Gasteiger partial charge < -0.3 is 15.0 Å². The Bertz CT molecular complexity index is 1410. The Hall–Kier alpha value is -3.15. The van der Waals surface area contributed by atoms with Crippen molar-refractivity contribution in [3.63, 3.8) is 0 Å². The summed E-state index contributed by atoms with van der Waals surface area (Å²) >= 11 is 1.26. The molecule has 3 aromatic heterocycles. The van der Waals surface area contributed by atoms with E-state index in [4.69, 9.17) is 9.72 Å². The molecule has 2 aliphatic heterocycles. The standard InChI is InChI=1S/C25H27F2N5O3S/c1-3-17-18(4-2)36-24-20(23(34)28-8-10-30-9-7-25(26,27)15-30)21(33)16-5-6-19(29-22(16)32(17)24)31-11-13-35-14-12-31/h3-6H,1-2,7-15H2,(H,28,34). The van der Waals surface area contributed by atoms with E-state index in [-0.39, 0.29) is 38.2 Å². The molecule has 3 aromatic rings. The first-order valence-electron chi connectivity index (χ1n) is 11.8. The largest absolute Gasteiger partial charge is 0.378 e. The first kappa shape index (κ1) is 24.5. The van der Waals surface area contributed by atoms with Crippen LogP contribution < -0.4 is 15.6 Å². The molecule has 11 heteroatoms. The van der Waals surface area contributed by atoms with E-state index in [1.54, 1.807) is 33.6 Å². The number of rotatable bonds is 7. The van der Waals surface area contributed by atoms with Crippen LogP contribution in [0, 0.1) is 0 Å². The number of morpholine rings is 1. The molecule has 1 amide bonds. The van der Waals surface area contributed by atoms with Crippen LogP contribution in [-0.2, 0) is 4.74 Å². The highest BCUT2D eigenvalue weighted by Crippen LogP contribution is 2.31. The molecule has 8 nitrogen and oxygen atoms in total. The lowest BCUT2D eigenvalue weighted by atomic mass is 10.1. The zero-order valence-corrected chi connectivity index (χ0v) is 20.6. The van der Waals surface area contributed by atoms with Crippen LogP contribution in [0.2, 0.25) is 0 Å². The number of hydrogen-bond acceptors (Lipinski definition) is 7. The molecule has 0 unspecified atom stereocenters. The molecule has 0 atom stereocenters. The van der Waals surface area contributed by atoms with Gasteiger partial charge in [-0.3, -0.25) is 18.9 Å². The summed E-state index contributed by atoms with van der Waals surface area (Å²) in [4.78, 5) is 36.5. The van der Waals surface area contributed by atoms with Crippen molar-refractivity contribution in [3.8, 4) is 0 Å². The number of aromatic nitrogens is 2. The highest BCUT2D eigenvalue weighted by molar-refractivity contribution is 7.19. The van der Waals surface area contributed by atoms with E-state index in [9.17, 15) is 18.4 Å². The Kier molecular flexibility index (Phi) is 6.62. The van der Waals surface area contributed by atoms with Gasteiger partial charge in [-0.05, 0) is 24.3 Å². The van der Waals surface area contributed by atoms with Gasteiger partial charge in [0.15, 0.2) is 5.65 Å². The van der Waals surface area contributed by atoms with E-state index in [2.05, 4.69) is 23.4 Å². The van der Waals surface area contributed by atoms with Gasteiger partial charge in [-0.25, -0.2) is 13.8 Å². The number of thiazole rings is 1. The SMILES string of the molecule is C=Cc1sc2c(C(=O)NCCN3CCC(F)(F)C3)c(=O)c3ccc(N4CCOCC4)nc3n2c1C=C. The summed E-state index contributed by atoms with van der Waals surface area (Å²) in [6.45, 7) is 10.8. The molecule has 0 aliphatic carbocycles. The van der Waals surface area contributed by atoms with Gasteiger partial charge in [0.25, 0.3) is 11.8 Å². The number of nitrogens with zero attached hydrogens (tertiary/aromatic N) is 4. The number of hydrogen-bond donors (Lipinski definition) is 1. The molecule has 0 bridgehead atoms. The second-order valence-corrected chi connectivity index (χ2v) is 9.91. The molecule has 36 heavy (non-hydrogen) atoms. The summed E-state index contributed by atoms with van der Waals surface area (Å²) < 4.78 is 34.2. The third kappa shape index (κ3) is 4.42. The summed E-state index contributed by atoms with van der Waals surface area (Å²) in [5.41, 5.74) is 0.698. The van der Waals surface area contributed by atoms with Crippen molar-refractivity contribution in [1.29, 1.82) is 0 Å². The molecule has 0 aromatic carbocycles. The molecule has 0 saturated carbocycles. The van der Waals surface area contributed by atoms with Gasteiger partial charge in [0.2, 0.25) is 5.43 Å². The van der Waals surface area contributed by atoms with Crippen molar-refractivity contribution in [2.45, 2.75) is 12.3 Å². The predicted octanol–water partition coefficient (Wildman–Crippen LogP) is 3.10. The van der Waals surface area contributed by atoms with Crippen molar-refractivity contribution in [2.24, 2.45) is 0 Å². The number of alkyl halides is 2. The lowest BCUT2D eigenvalue weighted by molar-refractivity contribution is 0.0124. The average Bonchev–Trinajstić information content (AvgIpc) is 3.43. The molecule has 2 fully saturated rings. The lowest BCUT2D eigenvalue weighted by Crippen LogP contribution is -2.37. The number of carbonyl (C=O) groups is 1. The molecule has 2 aliphatic rings. The number of anilines is 1. The highest BCUT2D eigenvalue weighted by atomic mass is 32.1. The van der Waals surface area contributed by atoms with Crippen molar-refractivity contribution < 1.29 is 18.3 Å². The minimum Gasteiger partial charge on any atom is -0.378 e. The molecule has 5 rings (SSSR count). The highest BCUT2D eigenvalue weighted by Gasteiger charge is 2.37. The Morgan fingerprint density at radius 2 is 2.00 bits per heavy atom. The monoisotopic (exact) mass is 515 g/mol. The molecule has 190 valence electrons. The third-order valence-corrected chi connectivity index (χ3v) is 7.74. The van der Waals surface area contributed by atoms with Crippen LogP contribution in [0.3, 0.4) is 0 Å². The number of halogens is 2. The number of ether oxygens (including phenoxy) is 1. The summed E-state index contributed by atoms with van der Waals surface area (Å²) in [7, 11) is 0. The number of likely N-dealkylation sites (tertiary alicyclic amines) is 1. The molecule has 0 spiro atoms. The van der Waals surface area contributed by atoms with Crippen LogP contribution >= 0.6 is 11.3 Å². The fourth-order valence-electron chi connectivity index (χ4n) is 4.73. The zero-order valence-electron chi connectivity index (χ0n) is 19.8. The maximum absolute atomic E-state index is 13.6. The van der Waals surface area contributed by atoms with Gasteiger partial charge in [0, 0.05) is 39.1 Å². The minimum absolute atomic E-state index is 0.00336. The lowest BCUT2D eigenvalue weighted by Gasteiger charge is -2.28. The Labute approximate surface area is 210 Å². The van der Waals surface area contributed by atoms with Crippen molar-refractivity contribution in [3.05, 3.63) is 51.6 Å². The van der Waals surface area contributed by atoms with Gasteiger partial charge in [0.05, 0.1) is 35.7 Å². The Morgan fingerprint density at radius 3 is 2.67 bits per heavy atom. The van der Waals surface area contributed by atoms with Gasteiger partial charge >= 0.3 is 0 Å². The van der Waals surface area contributed by atoms with Crippen LogP contribution in [0.5, 0.6) is 0 Å². The fourth-order valence-corrected chi connectivity index (χ4v) is 5.87. The fraction of sp³-hybridized carbons (Fsp3) is 0.400. The topological polar surface area (TPSA) is 79.2 Å².